The van der Waals surface area contributed by atoms with Gasteiger partial charge in [-0.05, 0) is 122 Å². The molecule has 0 aromatic rings. The molecule has 0 fully saturated rings. The van der Waals surface area contributed by atoms with Gasteiger partial charge in [0.2, 0.25) is 0 Å². The van der Waals surface area contributed by atoms with Gasteiger partial charge >= 0.3 is 17.9 Å². The second kappa shape index (κ2) is 68.8. The van der Waals surface area contributed by atoms with Gasteiger partial charge in [0.15, 0.2) is 6.10 Å². The highest BCUT2D eigenvalue weighted by Gasteiger charge is 2.19. The Kier molecular flexibility index (Phi) is 65.7. The smallest absolute Gasteiger partial charge is 0.306 e. The van der Waals surface area contributed by atoms with Crippen LogP contribution in [0.25, 0.3) is 0 Å². The van der Waals surface area contributed by atoms with Crippen LogP contribution in [0.4, 0.5) is 0 Å². The first-order valence-electron chi connectivity index (χ1n) is 34.7. The highest BCUT2D eigenvalue weighted by Crippen LogP contribution is 2.17. The van der Waals surface area contributed by atoms with E-state index >= 15 is 0 Å². The van der Waals surface area contributed by atoms with Crippen LogP contribution < -0.4 is 0 Å². The Labute approximate surface area is 502 Å². The molecule has 0 aliphatic carbocycles. The van der Waals surface area contributed by atoms with E-state index in [9.17, 15) is 14.4 Å². The Morgan fingerprint density at radius 2 is 0.481 bits per heavy atom. The van der Waals surface area contributed by atoms with Gasteiger partial charge < -0.3 is 14.2 Å². The normalized spacial score (nSPS) is 12.7. The van der Waals surface area contributed by atoms with Crippen LogP contribution in [0, 0.1) is 0 Å². The fraction of sp³-hybridized carbons (Fsp3) is 0.747. The Hall–Kier alpha value is -3.67. The van der Waals surface area contributed by atoms with Gasteiger partial charge in [-0.3, -0.25) is 14.4 Å². The summed E-state index contributed by atoms with van der Waals surface area (Å²) in [6.07, 6.45) is 92.8. The predicted molar refractivity (Wildman–Crippen MR) is 353 cm³/mol. The van der Waals surface area contributed by atoms with Gasteiger partial charge in [-0.1, -0.05) is 298 Å². The minimum atomic E-state index is -0.788. The summed E-state index contributed by atoms with van der Waals surface area (Å²) in [4.78, 5) is 38.4. The minimum Gasteiger partial charge on any atom is -0.462 e. The molecule has 1 unspecified atom stereocenters. The lowest BCUT2D eigenvalue weighted by molar-refractivity contribution is -0.167. The van der Waals surface area contributed by atoms with Crippen LogP contribution in [0.1, 0.15) is 342 Å². The average molecular weight is 1130 g/mol. The number of rotatable bonds is 63. The maximum atomic E-state index is 13.0. The number of allylic oxidation sites excluding steroid dienone is 16. The second-order valence-electron chi connectivity index (χ2n) is 23.1. The van der Waals surface area contributed by atoms with Crippen LogP contribution in [0.15, 0.2) is 97.2 Å². The summed E-state index contributed by atoms with van der Waals surface area (Å²) >= 11 is 0. The van der Waals surface area contributed by atoms with Crippen LogP contribution in [0.2, 0.25) is 0 Å². The van der Waals surface area contributed by atoms with E-state index in [4.69, 9.17) is 14.2 Å². The summed E-state index contributed by atoms with van der Waals surface area (Å²) in [7, 11) is 0. The maximum Gasteiger partial charge on any atom is 0.306 e. The van der Waals surface area contributed by atoms with Crippen LogP contribution >= 0.6 is 0 Å². The Morgan fingerprint density at radius 1 is 0.259 bits per heavy atom. The first-order chi connectivity index (χ1) is 40.0. The van der Waals surface area contributed by atoms with Gasteiger partial charge in [0.25, 0.3) is 0 Å². The molecule has 6 heteroatoms. The number of carbonyl (C=O) groups is 3. The van der Waals surface area contributed by atoms with Gasteiger partial charge in [-0.15, -0.1) is 0 Å². The van der Waals surface area contributed by atoms with Crippen molar-refractivity contribution in [2.75, 3.05) is 13.2 Å². The third-order valence-corrected chi connectivity index (χ3v) is 15.0. The van der Waals surface area contributed by atoms with Crippen molar-refractivity contribution in [3.8, 4) is 0 Å². The van der Waals surface area contributed by atoms with Crippen molar-refractivity contribution in [2.45, 2.75) is 348 Å². The quantitative estimate of drug-likeness (QED) is 0.0261. The predicted octanol–water partition coefficient (Wildman–Crippen LogP) is 24.0. The SMILES string of the molecule is CC/C=C\C/C=C\C/C=C\C/C=C\CCCCCCCCCCCCCCCCC(=O)OCC(COC(=O)CCCCCCC/C=C\C/C=C\CCCCC)OC(=O)CCCCCCCCCCC/C=C\C/C=C\CCCCCCC. The van der Waals surface area contributed by atoms with E-state index in [0.717, 1.165) is 109 Å². The summed E-state index contributed by atoms with van der Waals surface area (Å²) in [5.41, 5.74) is 0. The zero-order valence-corrected chi connectivity index (χ0v) is 53.5. The second-order valence-corrected chi connectivity index (χ2v) is 23.1. The first-order valence-corrected chi connectivity index (χ1v) is 34.7. The molecule has 0 aliphatic heterocycles. The molecule has 0 aromatic heterocycles. The van der Waals surface area contributed by atoms with Crippen molar-refractivity contribution in [2.24, 2.45) is 0 Å². The molecule has 0 amide bonds. The number of hydrogen-bond acceptors (Lipinski definition) is 6. The molecule has 81 heavy (non-hydrogen) atoms. The molecule has 0 N–H and O–H groups in total. The summed E-state index contributed by atoms with van der Waals surface area (Å²) in [6, 6.07) is 0. The van der Waals surface area contributed by atoms with Crippen molar-refractivity contribution < 1.29 is 28.6 Å². The molecule has 0 radical (unpaired) electrons. The van der Waals surface area contributed by atoms with Gasteiger partial charge in [0.05, 0.1) is 0 Å². The summed E-state index contributed by atoms with van der Waals surface area (Å²) in [5, 5.41) is 0. The van der Waals surface area contributed by atoms with Crippen LogP contribution in [-0.4, -0.2) is 37.2 Å². The number of esters is 3. The largest absolute Gasteiger partial charge is 0.462 e. The minimum absolute atomic E-state index is 0.0822. The van der Waals surface area contributed by atoms with Crippen LogP contribution in [-0.2, 0) is 28.6 Å². The Bertz CT molecular complexity index is 1580. The molecule has 0 rings (SSSR count). The van der Waals surface area contributed by atoms with E-state index < -0.39 is 6.10 Å². The number of hydrogen-bond donors (Lipinski definition) is 0. The molecule has 466 valence electrons. The average Bonchev–Trinajstić information content (AvgIpc) is 3.47. The summed E-state index contributed by atoms with van der Waals surface area (Å²) in [5.74, 6) is -0.886. The van der Waals surface area contributed by atoms with Crippen molar-refractivity contribution in [1.82, 2.24) is 0 Å². The van der Waals surface area contributed by atoms with Crippen LogP contribution in [0.5, 0.6) is 0 Å². The van der Waals surface area contributed by atoms with Crippen molar-refractivity contribution in [1.29, 1.82) is 0 Å². The monoisotopic (exact) mass is 1130 g/mol. The zero-order chi connectivity index (χ0) is 58.5. The Balaban J connectivity index is 4.32. The molecule has 0 saturated heterocycles. The molecule has 0 saturated carbocycles. The standard InChI is InChI=1S/C75H130O6/c1-4-7-10-13-16-19-22-25-28-30-32-34-35-36-37-38-39-41-42-44-47-50-53-56-59-62-65-68-74(77)80-71-72(70-79-73(76)67-64-61-58-55-52-49-46-27-24-21-18-15-12-9-6-3)81-75(78)69-66-63-60-57-54-51-48-45-43-40-33-31-29-26-23-20-17-14-11-8-5-2/h7,10,16,18-19,21,23,25-28,31-34,46,72H,4-6,8-9,11-15,17,20,22,24,29-30,35-45,47-71H2,1-3H3/b10-7-,19-16-,21-18-,26-23-,28-25-,33-31-,34-32-,46-27-. The maximum absolute atomic E-state index is 13.0. The van der Waals surface area contributed by atoms with E-state index in [1.807, 2.05) is 0 Å². The molecule has 0 aliphatic rings. The first kappa shape index (κ1) is 77.3. The number of ether oxygens (including phenoxy) is 3. The fourth-order valence-electron chi connectivity index (χ4n) is 9.85. The molecule has 0 aromatic carbocycles. The topological polar surface area (TPSA) is 78.9 Å². The molecular weight excluding hydrogens is 997 g/mol. The molecule has 0 bridgehead atoms. The van der Waals surface area contributed by atoms with Crippen molar-refractivity contribution in [3.63, 3.8) is 0 Å². The van der Waals surface area contributed by atoms with E-state index in [1.165, 1.54) is 193 Å². The molecule has 0 heterocycles. The lowest BCUT2D eigenvalue weighted by atomic mass is 10.0. The van der Waals surface area contributed by atoms with E-state index in [2.05, 4.69) is 118 Å². The Morgan fingerprint density at radius 3 is 0.778 bits per heavy atom. The highest BCUT2D eigenvalue weighted by molar-refractivity contribution is 5.71. The van der Waals surface area contributed by atoms with Crippen molar-refractivity contribution in [3.05, 3.63) is 97.2 Å². The zero-order valence-electron chi connectivity index (χ0n) is 53.5. The number of carbonyl (C=O) groups excluding carboxylic acids is 3. The molecule has 1 atom stereocenters. The third-order valence-electron chi connectivity index (χ3n) is 15.0. The van der Waals surface area contributed by atoms with Gasteiger partial charge in [-0.2, -0.15) is 0 Å². The van der Waals surface area contributed by atoms with E-state index in [-0.39, 0.29) is 31.1 Å². The lowest BCUT2D eigenvalue weighted by Gasteiger charge is -2.18. The van der Waals surface area contributed by atoms with E-state index in [1.54, 1.807) is 0 Å². The summed E-state index contributed by atoms with van der Waals surface area (Å²) < 4.78 is 17.0. The summed E-state index contributed by atoms with van der Waals surface area (Å²) in [6.45, 7) is 6.51. The molecule has 6 nitrogen and oxygen atoms in total. The van der Waals surface area contributed by atoms with Gasteiger partial charge in [-0.25, -0.2) is 0 Å². The molecular formula is C75H130O6. The third kappa shape index (κ3) is 67.0. The highest BCUT2D eigenvalue weighted by atomic mass is 16.6. The number of unbranched alkanes of at least 4 members (excludes halogenated alkanes) is 36. The van der Waals surface area contributed by atoms with Gasteiger partial charge in [0.1, 0.15) is 13.2 Å². The van der Waals surface area contributed by atoms with Crippen LogP contribution in [0.3, 0.4) is 0 Å². The molecule has 0 spiro atoms. The van der Waals surface area contributed by atoms with Crippen molar-refractivity contribution >= 4 is 17.9 Å². The lowest BCUT2D eigenvalue weighted by Crippen LogP contribution is -2.30. The fourth-order valence-corrected chi connectivity index (χ4v) is 9.85. The van der Waals surface area contributed by atoms with Gasteiger partial charge in [0, 0.05) is 19.3 Å². The van der Waals surface area contributed by atoms with E-state index in [0.29, 0.717) is 19.3 Å².